The van der Waals surface area contributed by atoms with Crippen molar-refractivity contribution in [3.8, 4) is 0 Å². The molecule has 1 saturated heterocycles. The minimum absolute atomic E-state index is 0.0243. The number of esters is 1. The summed E-state index contributed by atoms with van der Waals surface area (Å²) in [5.74, 6) is -1.47. The lowest BCUT2D eigenvalue weighted by Gasteiger charge is -2.26. The number of hydrogen-bond donors (Lipinski definition) is 0. The molecule has 1 aromatic carbocycles. The number of rotatable bonds is 5. The summed E-state index contributed by atoms with van der Waals surface area (Å²) < 4.78 is 28.2. The molecule has 0 aliphatic carbocycles. The van der Waals surface area contributed by atoms with Gasteiger partial charge in [-0.15, -0.1) is 0 Å². The van der Waals surface area contributed by atoms with E-state index in [0.717, 1.165) is 6.07 Å². The highest BCUT2D eigenvalue weighted by Crippen LogP contribution is 2.21. The fourth-order valence-electron chi connectivity index (χ4n) is 2.76. The molecule has 142 valence electrons. The van der Waals surface area contributed by atoms with Gasteiger partial charge in [0, 0.05) is 24.7 Å². The first-order valence-electron chi connectivity index (χ1n) is 7.95. The van der Waals surface area contributed by atoms with Crippen molar-refractivity contribution >= 4 is 27.4 Å². The number of ether oxygens (including phenoxy) is 1. The Balaban J connectivity index is 2.05. The molecule has 0 aromatic heterocycles. The van der Waals surface area contributed by atoms with Crippen LogP contribution in [0.3, 0.4) is 0 Å². The number of amides is 1. The smallest absolute Gasteiger partial charge is 0.339 e. The normalized spacial score (nSPS) is 19.6. The van der Waals surface area contributed by atoms with Gasteiger partial charge in [-0.1, -0.05) is 6.07 Å². The van der Waals surface area contributed by atoms with Gasteiger partial charge < -0.3 is 9.64 Å². The third-order valence-electron chi connectivity index (χ3n) is 4.38. The van der Waals surface area contributed by atoms with E-state index in [4.69, 9.17) is 4.74 Å². The Hall–Kier alpha value is -2.49. The first-order valence-corrected chi connectivity index (χ1v) is 9.77. The van der Waals surface area contributed by atoms with E-state index in [1.807, 2.05) is 0 Å². The number of nitrogens with zero attached hydrogens (tertiary/aromatic N) is 2. The topological polar surface area (TPSA) is 124 Å². The van der Waals surface area contributed by atoms with Crippen LogP contribution in [0.15, 0.2) is 18.2 Å². The van der Waals surface area contributed by atoms with E-state index in [1.54, 1.807) is 6.92 Å². The number of carbonyl (C=O) groups excluding carboxylic acids is 2. The van der Waals surface area contributed by atoms with Crippen molar-refractivity contribution in [2.24, 2.45) is 0 Å². The van der Waals surface area contributed by atoms with Crippen LogP contribution in [-0.4, -0.2) is 60.8 Å². The highest BCUT2D eigenvalue weighted by atomic mass is 32.2. The van der Waals surface area contributed by atoms with Gasteiger partial charge in [-0.25, -0.2) is 13.2 Å². The van der Waals surface area contributed by atoms with Crippen LogP contribution in [0, 0.1) is 17.0 Å². The fourth-order valence-corrected chi connectivity index (χ4v) is 4.53. The fraction of sp³-hybridized carbons (Fsp3) is 0.500. The molecule has 0 bridgehead atoms. The molecule has 0 saturated carbocycles. The molecule has 0 N–H and O–H groups in total. The predicted molar refractivity (Wildman–Crippen MR) is 92.5 cm³/mol. The van der Waals surface area contributed by atoms with Crippen LogP contribution < -0.4 is 0 Å². The van der Waals surface area contributed by atoms with Crippen molar-refractivity contribution < 1.29 is 27.7 Å². The first kappa shape index (κ1) is 19.8. The molecule has 1 fully saturated rings. The SMILES string of the molecule is Cc1ccc(C(=O)O[C@H](C)C(=O)N(C)[C@H]2CCS(=O)(=O)C2)cc1[N+](=O)[O-]. The van der Waals surface area contributed by atoms with Crippen molar-refractivity contribution in [1.82, 2.24) is 4.90 Å². The lowest BCUT2D eigenvalue weighted by molar-refractivity contribution is -0.385. The number of likely N-dealkylation sites (N-methyl/N-ethyl adjacent to an activating group) is 1. The molecule has 2 atom stereocenters. The predicted octanol–water partition coefficient (Wildman–Crippen LogP) is 1.09. The average Bonchev–Trinajstić information content (AvgIpc) is 2.93. The summed E-state index contributed by atoms with van der Waals surface area (Å²) in [6.07, 6.45) is -0.800. The number of carbonyl (C=O) groups is 2. The zero-order valence-electron chi connectivity index (χ0n) is 14.7. The summed E-state index contributed by atoms with van der Waals surface area (Å²) in [5.41, 5.74) is 0.151. The van der Waals surface area contributed by atoms with E-state index in [9.17, 15) is 28.1 Å². The lowest BCUT2D eigenvalue weighted by atomic mass is 10.1. The maximum atomic E-state index is 12.4. The average molecular weight is 384 g/mol. The maximum absolute atomic E-state index is 12.4. The van der Waals surface area contributed by atoms with E-state index >= 15 is 0 Å². The van der Waals surface area contributed by atoms with Crippen molar-refractivity contribution in [3.63, 3.8) is 0 Å². The molecule has 0 unspecified atom stereocenters. The van der Waals surface area contributed by atoms with Gasteiger partial charge in [-0.3, -0.25) is 14.9 Å². The Morgan fingerprint density at radius 3 is 2.58 bits per heavy atom. The Morgan fingerprint density at radius 2 is 2.04 bits per heavy atom. The molecule has 1 aliphatic rings. The Kier molecular flexibility index (Phi) is 5.65. The van der Waals surface area contributed by atoms with Gasteiger partial charge in [0.2, 0.25) is 0 Å². The van der Waals surface area contributed by atoms with Gasteiger partial charge >= 0.3 is 5.97 Å². The number of nitro groups is 1. The van der Waals surface area contributed by atoms with Crippen molar-refractivity contribution in [2.75, 3.05) is 18.6 Å². The number of sulfone groups is 1. The van der Waals surface area contributed by atoms with Crippen LogP contribution >= 0.6 is 0 Å². The maximum Gasteiger partial charge on any atom is 0.339 e. The van der Waals surface area contributed by atoms with Crippen LogP contribution in [0.5, 0.6) is 0 Å². The molecule has 26 heavy (non-hydrogen) atoms. The van der Waals surface area contributed by atoms with Gasteiger partial charge in [0.25, 0.3) is 11.6 Å². The second-order valence-corrected chi connectivity index (χ2v) is 8.54. The first-order chi connectivity index (χ1) is 12.0. The highest BCUT2D eigenvalue weighted by Gasteiger charge is 2.35. The third kappa shape index (κ3) is 4.37. The van der Waals surface area contributed by atoms with E-state index in [0.29, 0.717) is 12.0 Å². The Morgan fingerprint density at radius 1 is 1.38 bits per heavy atom. The van der Waals surface area contributed by atoms with Crippen molar-refractivity contribution in [1.29, 1.82) is 0 Å². The summed E-state index contributed by atoms with van der Waals surface area (Å²) >= 11 is 0. The summed E-state index contributed by atoms with van der Waals surface area (Å²) in [5, 5.41) is 11.0. The van der Waals surface area contributed by atoms with Gasteiger partial charge in [-0.05, 0) is 26.3 Å². The van der Waals surface area contributed by atoms with Gasteiger partial charge in [0.15, 0.2) is 15.9 Å². The van der Waals surface area contributed by atoms with Crippen molar-refractivity contribution in [2.45, 2.75) is 32.4 Å². The summed E-state index contributed by atoms with van der Waals surface area (Å²) in [7, 11) is -1.68. The third-order valence-corrected chi connectivity index (χ3v) is 6.13. The second kappa shape index (κ2) is 7.40. The van der Waals surface area contributed by atoms with E-state index < -0.39 is 38.8 Å². The lowest BCUT2D eigenvalue weighted by Crippen LogP contribution is -2.44. The number of nitro benzene ring substituents is 1. The van der Waals surface area contributed by atoms with Crippen LogP contribution in [0.4, 0.5) is 5.69 Å². The van der Waals surface area contributed by atoms with E-state index in [-0.39, 0.29) is 22.8 Å². The quantitative estimate of drug-likeness (QED) is 0.423. The van der Waals surface area contributed by atoms with E-state index in [1.165, 1.54) is 31.0 Å². The second-order valence-electron chi connectivity index (χ2n) is 6.31. The molecule has 1 aliphatic heterocycles. The number of benzene rings is 1. The van der Waals surface area contributed by atoms with Crippen LogP contribution in [-0.2, 0) is 19.4 Å². The molecular weight excluding hydrogens is 364 g/mol. The van der Waals surface area contributed by atoms with Crippen LogP contribution in [0.25, 0.3) is 0 Å². The Bertz CT molecular complexity index is 850. The standard InChI is InChI=1S/C16H20N2O7S/c1-10-4-5-12(8-14(10)18(21)22)16(20)25-11(2)15(19)17(3)13-6-7-26(23,24)9-13/h4-5,8,11,13H,6-7,9H2,1-3H3/t11-,13+/m1/s1. The van der Waals surface area contributed by atoms with Gasteiger partial charge in [0.1, 0.15) is 0 Å². The molecule has 0 spiro atoms. The Labute approximate surface area is 151 Å². The molecule has 1 amide bonds. The molecule has 9 nitrogen and oxygen atoms in total. The molecule has 1 heterocycles. The molecule has 2 rings (SSSR count). The summed E-state index contributed by atoms with van der Waals surface area (Å²) in [6.45, 7) is 2.92. The number of hydrogen-bond acceptors (Lipinski definition) is 7. The number of aryl methyl sites for hydroxylation is 1. The zero-order valence-corrected chi connectivity index (χ0v) is 15.5. The zero-order chi connectivity index (χ0) is 19.6. The molecule has 0 radical (unpaired) electrons. The minimum atomic E-state index is -3.15. The largest absolute Gasteiger partial charge is 0.449 e. The van der Waals surface area contributed by atoms with Crippen LogP contribution in [0.1, 0.15) is 29.3 Å². The molecule has 1 aromatic rings. The summed E-state index contributed by atoms with van der Waals surface area (Å²) in [4.78, 5) is 36.2. The monoisotopic (exact) mass is 384 g/mol. The van der Waals surface area contributed by atoms with Gasteiger partial charge in [-0.2, -0.15) is 0 Å². The van der Waals surface area contributed by atoms with E-state index in [2.05, 4.69) is 0 Å². The van der Waals surface area contributed by atoms with Crippen LogP contribution in [0.2, 0.25) is 0 Å². The van der Waals surface area contributed by atoms with Crippen molar-refractivity contribution in [3.05, 3.63) is 39.4 Å². The molecule has 10 heteroatoms. The molecular formula is C16H20N2O7S. The van der Waals surface area contributed by atoms with Gasteiger partial charge in [0.05, 0.1) is 22.0 Å². The summed E-state index contributed by atoms with van der Waals surface area (Å²) in [6, 6.07) is 3.46. The highest BCUT2D eigenvalue weighted by molar-refractivity contribution is 7.91. The minimum Gasteiger partial charge on any atom is -0.449 e.